The van der Waals surface area contributed by atoms with Crippen molar-refractivity contribution in [1.29, 1.82) is 0 Å². The molecule has 1 aromatic heterocycles. The third-order valence-electron chi connectivity index (χ3n) is 5.05. The number of hydrogen-bond donors (Lipinski definition) is 1. The Morgan fingerprint density at radius 2 is 1.87 bits per heavy atom. The van der Waals surface area contributed by atoms with Gasteiger partial charge in [-0.05, 0) is 38.5 Å². The average Bonchev–Trinajstić information content (AvgIpc) is 3.08. The third-order valence-corrected chi connectivity index (χ3v) is 6.04. The van der Waals surface area contributed by atoms with Crippen LogP contribution in [0.25, 0.3) is 6.20 Å². The molecule has 0 radical (unpaired) electrons. The monoisotopic (exact) mass is 433 g/mol. The molecule has 0 saturated carbocycles. The summed E-state index contributed by atoms with van der Waals surface area (Å²) in [6, 6.07) is 16.8. The van der Waals surface area contributed by atoms with E-state index in [-0.39, 0.29) is 12.2 Å². The maximum atomic E-state index is 13.4. The molecular formula is C24H23N3O3S. The van der Waals surface area contributed by atoms with Gasteiger partial charge in [0.25, 0.3) is 5.56 Å². The van der Waals surface area contributed by atoms with Crippen molar-refractivity contribution in [3.63, 3.8) is 0 Å². The lowest BCUT2D eigenvalue weighted by molar-refractivity contribution is -0.139. The van der Waals surface area contributed by atoms with Crippen LogP contribution >= 0.6 is 11.3 Å². The standard InChI is InChI=1S/C24H23N3O3S/c1-4-30-23(29)20-16(3)26-24-27(21(20)17-8-6-5-7-9-17)22(28)19(31-24)14-25-18-12-10-15(2)11-13-18/h5-14,21,25H,4H2,1-3H3/b19-14-/t21-/m1/s1. The average molecular weight is 434 g/mol. The number of benzene rings is 2. The van der Waals surface area contributed by atoms with Crippen molar-refractivity contribution in [2.45, 2.75) is 26.8 Å². The van der Waals surface area contributed by atoms with E-state index in [0.717, 1.165) is 16.8 Å². The van der Waals surface area contributed by atoms with Gasteiger partial charge in [-0.3, -0.25) is 9.36 Å². The van der Waals surface area contributed by atoms with Gasteiger partial charge in [0, 0.05) is 11.9 Å². The van der Waals surface area contributed by atoms with Crippen LogP contribution in [0.5, 0.6) is 0 Å². The predicted octanol–water partition coefficient (Wildman–Crippen LogP) is 3.13. The van der Waals surface area contributed by atoms with Crippen LogP contribution in [0.2, 0.25) is 0 Å². The van der Waals surface area contributed by atoms with Crippen LogP contribution in [0.1, 0.15) is 31.0 Å². The molecule has 0 aliphatic carbocycles. The van der Waals surface area contributed by atoms with Crippen molar-refractivity contribution in [3.05, 3.63) is 96.7 Å². The molecule has 3 aromatic rings. The number of ether oxygens (including phenoxy) is 1. The molecule has 0 unspecified atom stereocenters. The number of nitrogens with one attached hydrogen (secondary N) is 1. The minimum Gasteiger partial charge on any atom is -0.463 e. The summed E-state index contributed by atoms with van der Waals surface area (Å²) < 4.78 is 7.39. The van der Waals surface area contributed by atoms with E-state index in [2.05, 4.69) is 10.3 Å². The fourth-order valence-electron chi connectivity index (χ4n) is 3.54. The molecule has 158 valence electrons. The number of aryl methyl sites for hydroxylation is 1. The Morgan fingerprint density at radius 1 is 1.16 bits per heavy atom. The van der Waals surface area contributed by atoms with Crippen molar-refractivity contribution >= 4 is 29.2 Å². The summed E-state index contributed by atoms with van der Waals surface area (Å²) in [5.41, 5.74) is 3.63. The van der Waals surface area contributed by atoms with Gasteiger partial charge >= 0.3 is 5.97 Å². The molecule has 6 nitrogen and oxygen atoms in total. The SMILES string of the molecule is CCOC(=O)C1=C(C)N=c2s/c(=C\Nc3ccc(C)cc3)c(=O)n2[C@@H]1c1ccccc1. The fourth-order valence-corrected chi connectivity index (χ4v) is 4.51. The summed E-state index contributed by atoms with van der Waals surface area (Å²) in [4.78, 5) is 31.3. The number of anilines is 1. The molecule has 1 aliphatic rings. The van der Waals surface area contributed by atoms with Gasteiger partial charge in [-0.15, -0.1) is 0 Å². The van der Waals surface area contributed by atoms with Gasteiger partial charge in [-0.25, -0.2) is 9.79 Å². The van der Waals surface area contributed by atoms with Crippen LogP contribution in [0, 0.1) is 6.92 Å². The second-order valence-corrected chi connectivity index (χ2v) is 8.23. The number of fused-ring (bicyclic) bond motifs is 1. The van der Waals surface area contributed by atoms with E-state index in [9.17, 15) is 9.59 Å². The Kier molecular flexibility index (Phi) is 5.86. The van der Waals surface area contributed by atoms with Crippen molar-refractivity contribution < 1.29 is 9.53 Å². The first-order valence-corrected chi connectivity index (χ1v) is 10.9. The fraction of sp³-hybridized carbons (Fsp3) is 0.208. The van der Waals surface area contributed by atoms with Crippen LogP contribution < -0.4 is 20.2 Å². The van der Waals surface area contributed by atoms with E-state index >= 15 is 0 Å². The largest absolute Gasteiger partial charge is 0.463 e. The van der Waals surface area contributed by atoms with E-state index in [1.807, 2.05) is 61.5 Å². The number of esters is 1. The smallest absolute Gasteiger partial charge is 0.338 e. The second kappa shape index (κ2) is 8.73. The van der Waals surface area contributed by atoms with E-state index in [4.69, 9.17) is 4.74 Å². The highest BCUT2D eigenvalue weighted by Gasteiger charge is 2.33. The zero-order valence-electron chi connectivity index (χ0n) is 17.6. The van der Waals surface area contributed by atoms with Crippen LogP contribution in [0.3, 0.4) is 0 Å². The Balaban J connectivity index is 1.84. The molecule has 0 saturated heterocycles. The van der Waals surface area contributed by atoms with Crippen molar-refractivity contribution in [2.75, 3.05) is 11.9 Å². The molecule has 31 heavy (non-hydrogen) atoms. The molecule has 7 heteroatoms. The van der Waals surface area contributed by atoms with Crippen LogP contribution in [0.15, 0.2) is 75.7 Å². The molecule has 2 aromatic carbocycles. The molecule has 4 rings (SSSR count). The molecule has 1 N–H and O–H groups in total. The molecule has 0 bridgehead atoms. The first-order chi connectivity index (χ1) is 15.0. The zero-order valence-corrected chi connectivity index (χ0v) is 18.4. The predicted molar refractivity (Wildman–Crippen MR) is 123 cm³/mol. The van der Waals surface area contributed by atoms with Crippen LogP contribution in [-0.4, -0.2) is 17.1 Å². The van der Waals surface area contributed by atoms with E-state index in [1.54, 1.807) is 24.6 Å². The maximum Gasteiger partial charge on any atom is 0.338 e. The normalized spacial score (nSPS) is 16.0. The van der Waals surface area contributed by atoms with Gasteiger partial charge < -0.3 is 10.1 Å². The van der Waals surface area contributed by atoms with Gasteiger partial charge in [-0.2, -0.15) is 0 Å². The molecule has 2 heterocycles. The van der Waals surface area contributed by atoms with Gasteiger partial charge in [-0.1, -0.05) is 59.4 Å². The maximum absolute atomic E-state index is 13.4. The number of rotatable bonds is 5. The van der Waals surface area contributed by atoms with Crippen molar-refractivity contribution in [1.82, 2.24) is 4.57 Å². The summed E-state index contributed by atoms with van der Waals surface area (Å²) in [7, 11) is 0. The quantitative estimate of drug-likeness (QED) is 0.628. The summed E-state index contributed by atoms with van der Waals surface area (Å²) in [6.45, 7) is 5.82. The second-order valence-electron chi connectivity index (χ2n) is 7.22. The summed E-state index contributed by atoms with van der Waals surface area (Å²) in [5, 5.41) is 3.18. The number of thiazole rings is 1. The first kappa shape index (κ1) is 20.8. The first-order valence-electron chi connectivity index (χ1n) is 10.1. The van der Waals surface area contributed by atoms with Crippen molar-refractivity contribution in [2.24, 2.45) is 4.99 Å². The summed E-state index contributed by atoms with van der Waals surface area (Å²) >= 11 is 1.29. The number of hydrogen-bond acceptors (Lipinski definition) is 6. The number of carbonyl (C=O) groups excluding carboxylic acids is 1. The van der Waals surface area contributed by atoms with E-state index < -0.39 is 12.0 Å². The number of nitrogens with zero attached hydrogens (tertiary/aromatic N) is 2. The Hall–Kier alpha value is -3.45. The lowest BCUT2D eigenvalue weighted by Crippen LogP contribution is -2.40. The highest BCUT2D eigenvalue weighted by Crippen LogP contribution is 2.30. The minimum absolute atomic E-state index is 0.202. The molecule has 1 atom stereocenters. The molecule has 0 spiro atoms. The van der Waals surface area contributed by atoms with Gasteiger partial charge in [0.15, 0.2) is 4.80 Å². The number of carbonyl (C=O) groups is 1. The van der Waals surface area contributed by atoms with Crippen molar-refractivity contribution in [3.8, 4) is 0 Å². The summed E-state index contributed by atoms with van der Waals surface area (Å²) in [6.07, 6.45) is 1.69. The highest BCUT2D eigenvalue weighted by molar-refractivity contribution is 7.07. The molecular weight excluding hydrogens is 410 g/mol. The Labute approximate surface area is 183 Å². The molecule has 0 amide bonds. The lowest BCUT2D eigenvalue weighted by Gasteiger charge is -2.24. The highest BCUT2D eigenvalue weighted by atomic mass is 32.1. The minimum atomic E-state index is -0.585. The molecule has 0 fully saturated rings. The van der Waals surface area contributed by atoms with Gasteiger partial charge in [0.05, 0.1) is 23.9 Å². The third kappa shape index (κ3) is 4.09. The van der Waals surface area contributed by atoms with E-state index in [0.29, 0.717) is 20.6 Å². The molecule has 1 aliphatic heterocycles. The number of allylic oxidation sites excluding steroid dienone is 1. The topological polar surface area (TPSA) is 72.7 Å². The van der Waals surface area contributed by atoms with Gasteiger partial charge in [0.1, 0.15) is 4.53 Å². The number of aromatic nitrogens is 1. The lowest BCUT2D eigenvalue weighted by atomic mass is 9.96. The van der Waals surface area contributed by atoms with E-state index in [1.165, 1.54) is 11.3 Å². The zero-order chi connectivity index (χ0) is 22.0. The Morgan fingerprint density at radius 3 is 2.55 bits per heavy atom. The van der Waals surface area contributed by atoms with Gasteiger partial charge in [0.2, 0.25) is 0 Å². The summed E-state index contributed by atoms with van der Waals surface area (Å²) in [5.74, 6) is -0.454. The van der Waals surface area contributed by atoms with Crippen LogP contribution in [-0.2, 0) is 9.53 Å². The Bertz CT molecular complexity index is 1320. The van der Waals surface area contributed by atoms with Crippen LogP contribution in [0.4, 0.5) is 5.69 Å².